The van der Waals surface area contributed by atoms with Gasteiger partial charge in [0.15, 0.2) is 0 Å². The Kier molecular flexibility index (Phi) is 4.36. The van der Waals surface area contributed by atoms with E-state index < -0.39 is 5.82 Å². The summed E-state index contributed by atoms with van der Waals surface area (Å²) in [4.78, 5) is 4.85. The summed E-state index contributed by atoms with van der Waals surface area (Å²) in [6.45, 7) is 1.86. The largest absolute Gasteiger partial charge is 0.381 e. The maximum Gasteiger partial charge on any atom is 0.142 e. The third-order valence-electron chi connectivity index (χ3n) is 4.75. The fraction of sp³-hybridized carbons (Fsp3) is 0.316. The van der Waals surface area contributed by atoms with Crippen LogP contribution in [0, 0.1) is 5.82 Å². The highest BCUT2D eigenvalue weighted by atomic mass is 35.5. The summed E-state index contributed by atoms with van der Waals surface area (Å²) in [6, 6.07) is 12.9. The van der Waals surface area contributed by atoms with Crippen LogP contribution in [0.5, 0.6) is 0 Å². The van der Waals surface area contributed by atoms with Gasteiger partial charge in [0, 0.05) is 32.6 Å². The third-order valence-corrected chi connectivity index (χ3v) is 5.06. The highest BCUT2D eigenvalue weighted by Crippen LogP contribution is 2.37. The molecule has 0 aromatic heterocycles. The molecule has 2 aromatic rings. The standard InChI is InChI=1S/C19H19ClFN3O/c20-14-6-5-13(11-15(14)21)12-22-18-19(7-9-25-10-8-19)24-17-4-2-1-3-16(17)23-18/h1-6,11,24H,7-10,12H2,(H,22,23). The Morgan fingerprint density at radius 1 is 1.20 bits per heavy atom. The fourth-order valence-electron chi connectivity index (χ4n) is 3.35. The van der Waals surface area contributed by atoms with Crippen molar-refractivity contribution in [2.24, 2.45) is 4.99 Å². The van der Waals surface area contributed by atoms with E-state index in [-0.39, 0.29) is 10.6 Å². The zero-order valence-corrected chi connectivity index (χ0v) is 14.4. The number of ether oxygens (including phenoxy) is 1. The predicted octanol–water partition coefficient (Wildman–Crippen LogP) is 4.27. The number of anilines is 1. The normalized spacial score (nSPS) is 18.2. The first-order valence-electron chi connectivity index (χ1n) is 8.38. The lowest BCUT2D eigenvalue weighted by atomic mass is 9.86. The van der Waals surface area contributed by atoms with Gasteiger partial charge in [-0.2, -0.15) is 0 Å². The van der Waals surface area contributed by atoms with Gasteiger partial charge < -0.3 is 15.4 Å². The highest BCUT2D eigenvalue weighted by Gasteiger charge is 2.40. The number of hydrogen-bond acceptors (Lipinski definition) is 4. The Hall–Kier alpha value is -2.11. The van der Waals surface area contributed by atoms with Crippen molar-refractivity contribution in [3.63, 3.8) is 0 Å². The molecular formula is C19H19ClFN3O. The average molecular weight is 360 g/mol. The van der Waals surface area contributed by atoms with Crippen molar-refractivity contribution in [1.29, 1.82) is 0 Å². The van der Waals surface area contributed by atoms with Gasteiger partial charge in [-0.25, -0.2) is 9.38 Å². The Balaban J connectivity index is 1.62. The summed E-state index contributed by atoms with van der Waals surface area (Å²) in [6.07, 6.45) is 1.67. The van der Waals surface area contributed by atoms with Gasteiger partial charge >= 0.3 is 0 Å². The van der Waals surface area contributed by atoms with E-state index >= 15 is 0 Å². The summed E-state index contributed by atoms with van der Waals surface area (Å²) in [5.41, 5.74) is 2.50. The number of rotatable bonds is 2. The summed E-state index contributed by atoms with van der Waals surface area (Å²) in [5, 5.41) is 7.19. The van der Waals surface area contributed by atoms with E-state index in [0.29, 0.717) is 19.8 Å². The number of benzene rings is 2. The van der Waals surface area contributed by atoms with E-state index in [4.69, 9.17) is 21.3 Å². The van der Waals surface area contributed by atoms with Crippen LogP contribution in [0.25, 0.3) is 0 Å². The van der Waals surface area contributed by atoms with Crippen LogP contribution in [0.3, 0.4) is 0 Å². The quantitative estimate of drug-likeness (QED) is 0.841. The number of halogens is 2. The highest BCUT2D eigenvalue weighted by molar-refractivity contribution is 6.30. The lowest BCUT2D eigenvalue weighted by Gasteiger charge is -2.42. The van der Waals surface area contributed by atoms with Gasteiger partial charge in [-0.15, -0.1) is 0 Å². The van der Waals surface area contributed by atoms with E-state index in [1.165, 1.54) is 6.07 Å². The van der Waals surface area contributed by atoms with Crippen LogP contribution in [0.2, 0.25) is 5.02 Å². The molecule has 1 fully saturated rings. The second-order valence-corrected chi connectivity index (χ2v) is 6.81. The summed E-state index contributed by atoms with van der Waals surface area (Å²) in [5.74, 6) is 0.473. The maximum absolute atomic E-state index is 13.7. The fourth-order valence-corrected chi connectivity index (χ4v) is 3.46. The molecule has 0 aliphatic carbocycles. The van der Waals surface area contributed by atoms with Crippen molar-refractivity contribution in [2.45, 2.75) is 24.9 Å². The number of hydrogen-bond donors (Lipinski definition) is 2. The summed E-state index contributed by atoms with van der Waals surface area (Å²) >= 11 is 5.76. The number of fused-ring (bicyclic) bond motifs is 1. The molecule has 2 N–H and O–H groups in total. The molecule has 4 rings (SSSR count). The van der Waals surface area contributed by atoms with Gasteiger partial charge in [-0.3, -0.25) is 0 Å². The molecule has 25 heavy (non-hydrogen) atoms. The first kappa shape index (κ1) is 16.4. The Morgan fingerprint density at radius 3 is 2.80 bits per heavy atom. The van der Waals surface area contributed by atoms with Crippen molar-refractivity contribution in [3.05, 3.63) is 58.9 Å². The lowest BCUT2D eigenvalue weighted by Crippen LogP contribution is -2.56. The maximum atomic E-state index is 13.7. The average Bonchev–Trinajstić information content (AvgIpc) is 2.63. The van der Waals surface area contributed by atoms with Crippen molar-refractivity contribution in [2.75, 3.05) is 18.5 Å². The molecule has 130 valence electrons. The van der Waals surface area contributed by atoms with Crippen molar-refractivity contribution < 1.29 is 9.13 Å². The van der Waals surface area contributed by atoms with E-state index in [9.17, 15) is 4.39 Å². The van der Waals surface area contributed by atoms with E-state index in [0.717, 1.165) is 35.6 Å². The number of nitrogens with one attached hydrogen (secondary N) is 2. The molecule has 1 spiro atoms. The second kappa shape index (κ2) is 6.65. The molecule has 0 unspecified atom stereocenters. The minimum Gasteiger partial charge on any atom is -0.381 e. The van der Waals surface area contributed by atoms with E-state index in [2.05, 4.69) is 10.6 Å². The van der Waals surface area contributed by atoms with Gasteiger partial charge in [0.1, 0.15) is 11.7 Å². The second-order valence-electron chi connectivity index (χ2n) is 6.40. The number of nitrogens with zero attached hydrogens (tertiary/aromatic N) is 1. The van der Waals surface area contributed by atoms with Crippen molar-refractivity contribution in [1.82, 2.24) is 5.32 Å². The van der Waals surface area contributed by atoms with Gasteiger partial charge in [-0.05, 0) is 29.8 Å². The Bertz CT molecular complexity index is 818. The molecule has 2 aliphatic rings. The lowest BCUT2D eigenvalue weighted by molar-refractivity contribution is 0.0771. The third kappa shape index (κ3) is 3.22. The Labute approximate surface area is 151 Å². The molecule has 0 amide bonds. The Morgan fingerprint density at radius 2 is 2.00 bits per heavy atom. The molecular weight excluding hydrogens is 341 g/mol. The topological polar surface area (TPSA) is 45.7 Å². The van der Waals surface area contributed by atoms with E-state index in [1.807, 2.05) is 30.3 Å². The van der Waals surface area contributed by atoms with Crippen LogP contribution in [0.1, 0.15) is 18.4 Å². The number of aliphatic imine (C=N–C) groups is 1. The summed E-state index contributed by atoms with van der Waals surface area (Å²) in [7, 11) is 0. The van der Waals surface area contributed by atoms with Crippen molar-refractivity contribution in [3.8, 4) is 0 Å². The monoisotopic (exact) mass is 359 g/mol. The van der Waals surface area contributed by atoms with Crippen LogP contribution in [-0.2, 0) is 11.3 Å². The predicted molar refractivity (Wildman–Crippen MR) is 98.2 cm³/mol. The molecule has 6 heteroatoms. The van der Waals surface area contributed by atoms with Crippen LogP contribution in [0.4, 0.5) is 15.8 Å². The molecule has 0 atom stereocenters. The zero-order valence-electron chi connectivity index (χ0n) is 13.7. The van der Waals surface area contributed by atoms with Gasteiger partial charge in [-0.1, -0.05) is 29.8 Å². The minimum absolute atomic E-state index is 0.134. The molecule has 2 aromatic carbocycles. The first-order valence-corrected chi connectivity index (χ1v) is 8.76. The smallest absolute Gasteiger partial charge is 0.142 e. The molecule has 4 nitrogen and oxygen atoms in total. The molecule has 2 aliphatic heterocycles. The number of para-hydroxylation sites is 2. The van der Waals surface area contributed by atoms with Crippen LogP contribution in [0.15, 0.2) is 47.5 Å². The van der Waals surface area contributed by atoms with Crippen LogP contribution < -0.4 is 10.6 Å². The van der Waals surface area contributed by atoms with Gasteiger partial charge in [0.25, 0.3) is 0 Å². The van der Waals surface area contributed by atoms with Crippen LogP contribution in [-0.4, -0.2) is 24.6 Å². The molecule has 0 bridgehead atoms. The minimum atomic E-state index is -0.407. The molecule has 2 heterocycles. The molecule has 0 radical (unpaired) electrons. The van der Waals surface area contributed by atoms with Crippen LogP contribution >= 0.6 is 11.6 Å². The number of amidine groups is 1. The summed E-state index contributed by atoms with van der Waals surface area (Å²) < 4.78 is 19.2. The van der Waals surface area contributed by atoms with Gasteiger partial charge in [0.2, 0.25) is 0 Å². The molecule has 0 saturated carbocycles. The molecule has 1 saturated heterocycles. The van der Waals surface area contributed by atoms with E-state index in [1.54, 1.807) is 6.07 Å². The van der Waals surface area contributed by atoms with Gasteiger partial charge in [0.05, 0.1) is 21.9 Å². The van der Waals surface area contributed by atoms with Crippen molar-refractivity contribution >= 4 is 28.8 Å². The SMILES string of the molecule is Fc1cc(CNC2=Nc3ccccc3NC23CCOCC3)ccc1Cl. The zero-order chi connectivity index (χ0) is 17.3. The first-order chi connectivity index (χ1) is 12.2.